The second-order valence-corrected chi connectivity index (χ2v) is 6.45. The summed E-state index contributed by atoms with van der Waals surface area (Å²) in [6, 6.07) is 13.4. The van der Waals surface area contributed by atoms with Crippen LogP contribution in [0, 0.1) is 0 Å². The van der Waals surface area contributed by atoms with E-state index < -0.39 is 0 Å². The van der Waals surface area contributed by atoms with E-state index in [9.17, 15) is 4.79 Å². The maximum Gasteiger partial charge on any atom is 0.253 e. The molecular weight excluding hydrogens is 344 g/mol. The summed E-state index contributed by atoms with van der Waals surface area (Å²) in [5.74, 6) is 1.50. The molecule has 0 spiro atoms. The molecule has 2 aliphatic heterocycles. The highest BCUT2D eigenvalue weighted by molar-refractivity contribution is 5.95. The molecule has 0 aromatic heterocycles. The van der Waals surface area contributed by atoms with E-state index >= 15 is 0 Å². The lowest BCUT2D eigenvalue weighted by Crippen LogP contribution is -2.48. The van der Waals surface area contributed by atoms with Crippen molar-refractivity contribution in [3.05, 3.63) is 54.1 Å². The zero-order valence-corrected chi connectivity index (χ0v) is 15.2. The Morgan fingerprint density at radius 1 is 1.22 bits per heavy atom. The van der Waals surface area contributed by atoms with Crippen molar-refractivity contribution in [3.8, 4) is 11.5 Å². The number of nitrogens with zero attached hydrogens (tertiary/aromatic N) is 1. The second-order valence-electron chi connectivity index (χ2n) is 6.45. The lowest BCUT2D eigenvalue weighted by atomic mass is 10.1. The first-order valence-corrected chi connectivity index (χ1v) is 8.97. The van der Waals surface area contributed by atoms with Gasteiger partial charge < -0.3 is 24.4 Å². The molecule has 140 valence electrons. The first kappa shape index (κ1) is 17.4. The number of carbonyl (C=O) groups excluding carboxylic acids is 1. The van der Waals surface area contributed by atoms with Crippen LogP contribution in [0.15, 0.2) is 48.5 Å². The maximum absolute atomic E-state index is 12.3. The van der Waals surface area contributed by atoms with Crippen LogP contribution >= 0.6 is 0 Å². The molecule has 27 heavy (non-hydrogen) atoms. The minimum Gasteiger partial charge on any atom is -0.497 e. The Balaban J connectivity index is 1.43. The van der Waals surface area contributed by atoms with E-state index in [4.69, 9.17) is 14.2 Å². The zero-order valence-electron chi connectivity index (χ0n) is 15.2. The van der Waals surface area contributed by atoms with Crippen molar-refractivity contribution in [3.63, 3.8) is 0 Å². The van der Waals surface area contributed by atoms with Crippen molar-refractivity contribution in [2.45, 2.75) is 6.10 Å². The van der Waals surface area contributed by atoms with Crippen molar-refractivity contribution < 1.29 is 19.0 Å². The fourth-order valence-electron chi connectivity index (χ4n) is 3.26. The van der Waals surface area contributed by atoms with E-state index in [2.05, 4.69) is 17.5 Å². The third kappa shape index (κ3) is 3.75. The second kappa shape index (κ2) is 7.72. The molecule has 2 aromatic carbocycles. The lowest BCUT2D eigenvalue weighted by Gasteiger charge is -2.33. The van der Waals surface area contributed by atoms with Gasteiger partial charge in [0, 0.05) is 17.8 Å². The Morgan fingerprint density at radius 2 is 2.07 bits per heavy atom. The quantitative estimate of drug-likeness (QED) is 0.882. The van der Waals surface area contributed by atoms with Crippen LogP contribution in [0.25, 0.3) is 6.08 Å². The van der Waals surface area contributed by atoms with Crippen molar-refractivity contribution in [1.82, 2.24) is 0 Å². The van der Waals surface area contributed by atoms with E-state index in [1.165, 1.54) is 0 Å². The Labute approximate surface area is 158 Å². The summed E-state index contributed by atoms with van der Waals surface area (Å²) in [5, 5.41) is 3.34. The van der Waals surface area contributed by atoms with E-state index in [1.807, 2.05) is 42.5 Å². The molecule has 6 heteroatoms. The fourth-order valence-corrected chi connectivity index (χ4v) is 3.26. The standard InChI is InChI=1S/C21H22N2O4/c1-25-17-9-7-16(8-10-17)23-12-18(26-14-20(23)24)13-27-19-6-2-4-15-5-3-11-22-21(15)19/h2-10,18,22H,11-14H2,1H3. The van der Waals surface area contributed by atoms with E-state index in [1.54, 1.807) is 12.0 Å². The number of morpholine rings is 1. The molecule has 2 aromatic rings. The number of rotatable bonds is 5. The lowest BCUT2D eigenvalue weighted by molar-refractivity contribution is -0.130. The largest absolute Gasteiger partial charge is 0.497 e. The number of benzene rings is 2. The van der Waals surface area contributed by atoms with Gasteiger partial charge >= 0.3 is 0 Å². The number of amides is 1. The Hall–Kier alpha value is -2.99. The molecule has 1 atom stereocenters. The first-order chi connectivity index (χ1) is 13.2. The number of para-hydroxylation sites is 1. The van der Waals surface area contributed by atoms with Crippen LogP contribution in [-0.2, 0) is 9.53 Å². The number of carbonyl (C=O) groups is 1. The SMILES string of the molecule is COc1ccc(N2CC(COc3cccc4c3NCC=C4)OCC2=O)cc1. The summed E-state index contributed by atoms with van der Waals surface area (Å²) in [6.07, 6.45) is 3.97. The van der Waals surface area contributed by atoms with Crippen LogP contribution in [0.5, 0.6) is 11.5 Å². The van der Waals surface area contributed by atoms with Crippen LogP contribution in [0.4, 0.5) is 11.4 Å². The van der Waals surface area contributed by atoms with Crippen LogP contribution in [-0.4, -0.2) is 45.4 Å². The van der Waals surface area contributed by atoms with Gasteiger partial charge in [-0.05, 0) is 30.3 Å². The van der Waals surface area contributed by atoms with Gasteiger partial charge in [0.1, 0.15) is 30.8 Å². The molecule has 1 N–H and O–H groups in total. The Morgan fingerprint density at radius 3 is 2.89 bits per heavy atom. The number of hydrogen-bond donors (Lipinski definition) is 1. The van der Waals surface area contributed by atoms with Gasteiger partial charge in [-0.1, -0.05) is 24.3 Å². The number of nitrogens with one attached hydrogen (secondary N) is 1. The minimum absolute atomic E-state index is 0.0495. The number of hydrogen-bond acceptors (Lipinski definition) is 5. The summed E-state index contributed by atoms with van der Waals surface area (Å²) in [7, 11) is 1.62. The highest BCUT2D eigenvalue weighted by Gasteiger charge is 2.28. The molecule has 4 rings (SSSR count). The molecule has 0 saturated carbocycles. The van der Waals surface area contributed by atoms with Crippen LogP contribution in [0.3, 0.4) is 0 Å². The number of anilines is 2. The van der Waals surface area contributed by atoms with Crippen LogP contribution in [0.1, 0.15) is 5.56 Å². The topological polar surface area (TPSA) is 60.0 Å². The molecule has 6 nitrogen and oxygen atoms in total. The third-order valence-electron chi connectivity index (χ3n) is 4.69. The molecule has 1 fully saturated rings. The van der Waals surface area contributed by atoms with Gasteiger partial charge in [-0.25, -0.2) is 0 Å². The fraction of sp³-hybridized carbons (Fsp3) is 0.286. The zero-order chi connectivity index (χ0) is 18.6. The predicted octanol–water partition coefficient (Wildman–Crippen LogP) is 2.94. The van der Waals surface area contributed by atoms with E-state index in [0.29, 0.717) is 13.2 Å². The summed E-state index contributed by atoms with van der Waals surface area (Å²) in [5.41, 5.74) is 2.94. The van der Waals surface area contributed by atoms with Crippen molar-refractivity contribution in [2.24, 2.45) is 0 Å². The summed E-state index contributed by atoms with van der Waals surface area (Å²) in [6.45, 7) is 1.66. The number of methoxy groups -OCH3 is 1. The summed E-state index contributed by atoms with van der Waals surface area (Å²) in [4.78, 5) is 14.0. The molecule has 0 bridgehead atoms. The van der Waals surface area contributed by atoms with Crippen LogP contribution < -0.4 is 19.7 Å². The highest BCUT2D eigenvalue weighted by Crippen LogP contribution is 2.32. The van der Waals surface area contributed by atoms with E-state index in [-0.39, 0.29) is 18.6 Å². The van der Waals surface area contributed by atoms with E-state index in [0.717, 1.165) is 35.0 Å². The molecule has 1 saturated heterocycles. The average Bonchev–Trinajstić information content (AvgIpc) is 2.73. The average molecular weight is 366 g/mol. The van der Waals surface area contributed by atoms with Gasteiger partial charge in [0.05, 0.1) is 19.3 Å². The van der Waals surface area contributed by atoms with Crippen molar-refractivity contribution in [1.29, 1.82) is 0 Å². The smallest absolute Gasteiger partial charge is 0.253 e. The number of fused-ring (bicyclic) bond motifs is 1. The van der Waals surface area contributed by atoms with Gasteiger partial charge in [0.15, 0.2) is 0 Å². The van der Waals surface area contributed by atoms with Gasteiger partial charge in [0.2, 0.25) is 0 Å². The minimum atomic E-state index is -0.195. The molecule has 2 heterocycles. The normalized spacial score (nSPS) is 18.6. The molecule has 0 radical (unpaired) electrons. The van der Waals surface area contributed by atoms with Gasteiger partial charge in [-0.3, -0.25) is 4.79 Å². The monoisotopic (exact) mass is 366 g/mol. The predicted molar refractivity (Wildman–Crippen MR) is 105 cm³/mol. The van der Waals surface area contributed by atoms with Gasteiger partial charge in [-0.15, -0.1) is 0 Å². The third-order valence-corrected chi connectivity index (χ3v) is 4.69. The van der Waals surface area contributed by atoms with Gasteiger partial charge in [0.25, 0.3) is 5.91 Å². The number of ether oxygens (including phenoxy) is 3. The molecular formula is C21H22N2O4. The Bertz CT molecular complexity index is 848. The molecule has 0 aliphatic carbocycles. The molecule has 1 unspecified atom stereocenters. The molecule has 2 aliphatic rings. The summed E-state index contributed by atoms with van der Waals surface area (Å²) >= 11 is 0. The van der Waals surface area contributed by atoms with Crippen molar-refractivity contribution in [2.75, 3.05) is 43.6 Å². The molecule has 1 amide bonds. The first-order valence-electron chi connectivity index (χ1n) is 8.97. The Kier molecular flexibility index (Phi) is 4.98. The maximum atomic E-state index is 12.3. The van der Waals surface area contributed by atoms with Crippen LogP contribution in [0.2, 0.25) is 0 Å². The summed E-state index contributed by atoms with van der Waals surface area (Å²) < 4.78 is 16.9. The van der Waals surface area contributed by atoms with Gasteiger partial charge in [-0.2, -0.15) is 0 Å². The van der Waals surface area contributed by atoms with Crippen molar-refractivity contribution >= 4 is 23.4 Å². The highest BCUT2D eigenvalue weighted by atomic mass is 16.5.